The third kappa shape index (κ3) is 5.39. The topological polar surface area (TPSA) is 75.7 Å². The van der Waals surface area contributed by atoms with Crippen molar-refractivity contribution in [1.82, 2.24) is 4.31 Å². The van der Waals surface area contributed by atoms with Crippen LogP contribution in [0.1, 0.15) is 10.8 Å². The van der Waals surface area contributed by atoms with Crippen LogP contribution >= 0.6 is 11.8 Å². The molecule has 4 rings (SSSR count). The summed E-state index contributed by atoms with van der Waals surface area (Å²) in [6, 6.07) is 25.7. The van der Waals surface area contributed by atoms with Gasteiger partial charge in [-0.2, -0.15) is 4.31 Å². The SMILES string of the molecule is O=C(Nc1cccc(S(=O)(=O)N2CCOCC2)c1)C(Sc1ccccc1)c1ccccc1. The van der Waals surface area contributed by atoms with E-state index >= 15 is 0 Å². The van der Waals surface area contributed by atoms with E-state index in [0.29, 0.717) is 32.0 Å². The summed E-state index contributed by atoms with van der Waals surface area (Å²) in [6.45, 7) is 1.40. The van der Waals surface area contributed by atoms with Gasteiger partial charge < -0.3 is 10.1 Å². The Bertz CT molecular complexity index is 1150. The molecule has 0 saturated carbocycles. The van der Waals surface area contributed by atoms with Crippen LogP contribution in [0.2, 0.25) is 0 Å². The van der Waals surface area contributed by atoms with Crippen LogP contribution in [0, 0.1) is 0 Å². The Kier molecular flexibility index (Phi) is 7.26. The van der Waals surface area contributed by atoms with E-state index in [4.69, 9.17) is 4.74 Å². The van der Waals surface area contributed by atoms with Crippen LogP contribution in [0.25, 0.3) is 0 Å². The van der Waals surface area contributed by atoms with Gasteiger partial charge in [0.25, 0.3) is 0 Å². The van der Waals surface area contributed by atoms with E-state index in [1.807, 2.05) is 60.7 Å². The zero-order chi connectivity index (χ0) is 22.4. The van der Waals surface area contributed by atoms with Crippen molar-refractivity contribution in [3.05, 3.63) is 90.5 Å². The fraction of sp³-hybridized carbons (Fsp3) is 0.208. The smallest absolute Gasteiger partial charge is 0.243 e. The molecule has 0 spiro atoms. The summed E-state index contributed by atoms with van der Waals surface area (Å²) in [7, 11) is -3.64. The fourth-order valence-electron chi connectivity index (χ4n) is 3.41. The van der Waals surface area contributed by atoms with E-state index in [1.54, 1.807) is 18.2 Å². The second-order valence-electron chi connectivity index (χ2n) is 7.26. The summed E-state index contributed by atoms with van der Waals surface area (Å²) in [5.74, 6) is -0.217. The number of hydrogen-bond donors (Lipinski definition) is 1. The first-order valence-electron chi connectivity index (χ1n) is 10.3. The highest BCUT2D eigenvalue weighted by Gasteiger charge is 2.27. The molecule has 0 aromatic heterocycles. The number of carbonyl (C=O) groups excluding carboxylic acids is 1. The number of nitrogens with zero attached hydrogens (tertiary/aromatic N) is 1. The van der Waals surface area contributed by atoms with Gasteiger partial charge in [0.05, 0.1) is 18.1 Å². The molecule has 1 aliphatic heterocycles. The summed E-state index contributed by atoms with van der Waals surface area (Å²) in [5.41, 5.74) is 1.31. The second kappa shape index (κ2) is 10.3. The molecule has 8 heteroatoms. The van der Waals surface area contributed by atoms with Crippen LogP contribution in [-0.4, -0.2) is 44.9 Å². The Morgan fingerprint density at radius 2 is 1.56 bits per heavy atom. The van der Waals surface area contributed by atoms with Crippen LogP contribution in [0.3, 0.4) is 0 Å². The van der Waals surface area contributed by atoms with E-state index in [2.05, 4.69) is 5.32 Å². The van der Waals surface area contributed by atoms with Crippen LogP contribution < -0.4 is 5.32 Å². The van der Waals surface area contributed by atoms with Crippen molar-refractivity contribution in [2.45, 2.75) is 15.0 Å². The van der Waals surface area contributed by atoms with Gasteiger partial charge in [0.15, 0.2) is 0 Å². The number of morpholine rings is 1. The highest BCUT2D eigenvalue weighted by Crippen LogP contribution is 2.36. The van der Waals surface area contributed by atoms with E-state index in [0.717, 1.165) is 10.5 Å². The molecule has 1 saturated heterocycles. The molecule has 1 aliphatic rings. The van der Waals surface area contributed by atoms with Gasteiger partial charge in [-0.25, -0.2) is 8.42 Å². The molecule has 1 amide bonds. The zero-order valence-electron chi connectivity index (χ0n) is 17.4. The number of benzene rings is 3. The number of amides is 1. The minimum absolute atomic E-state index is 0.157. The number of ether oxygens (including phenoxy) is 1. The van der Waals surface area contributed by atoms with Gasteiger partial charge in [-0.15, -0.1) is 11.8 Å². The van der Waals surface area contributed by atoms with Gasteiger partial charge in [-0.05, 0) is 35.9 Å². The van der Waals surface area contributed by atoms with E-state index in [9.17, 15) is 13.2 Å². The van der Waals surface area contributed by atoms with Crippen molar-refractivity contribution >= 4 is 33.4 Å². The average molecular weight is 469 g/mol. The van der Waals surface area contributed by atoms with Crippen LogP contribution in [-0.2, 0) is 19.6 Å². The third-order valence-corrected chi connectivity index (χ3v) is 8.21. The molecule has 166 valence electrons. The molecule has 1 fully saturated rings. The van der Waals surface area contributed by atoms with Crippen LogP contribution in [0.15, 0.2) is 94.7 Å². The maximum atomic E-state index is 13.3. The quantitative estimate of drug-likeness (QED) is 0.527. The third-order valence-electron chi connectivity index (χ3n) is 5.05. The monoisotopic (exact) mass is 468 g/mol. The number of rotatable bonds is 7. The number of thioether (sulfide) groups is 1. The summed E-state index contributed by atoms with van der Waals surface area (Å²) < 4.78 is 32.6. The molecule has 32 heavy (non-hydrogen) atoms. The Morgan fingerprint density at radius 1 is 0.906 bits per heavy atom. The molecule has 1 heterocycles. The van der Waals surface area contributed by atoms with Gasteiger partial charge in [-0.3, -0.25) is 4.79 Å². The molecule has 3 aromatic carbocycles. The Balaban J connectivity index is 1.56. The lowest BCUT2D eigenvalue weighted by atomic mass is 10.1. The molecular formula is C24H24N2O4S2. The average Bonchev–Trinajstić information content (AvgIpc) is 2.84. The summed E-state index contributed by atoms with van der Waals surface area (Å²) in [5, 5.41) is 2.42. The van der Waals surface area contributed by atoms with Crippen molar-refractivity contribution in [3.8, 4) is 0 Å². The first-order valence-corrected chi connectivity index (χ1v) is 12.6. The zero-order valence-corrected chi connectivity index (χ0v) is 19.0. The van der Waals surface area contributed by atoms with E-state index in [1.165, 1.54) is 22.1 Å². The molecule has 0 aliphatic carbocycles. The van der Waals surface area contributed by atoms with Gasteiger partial charge in [-0.1, -0.05) is 54.6 Å². The molecule has 3 aromatic rings. The molecule has 1 N–H and O–H groups in total. The molecule has 6 nitrogen and oxygen atoms in total. The predicted octanol–water partition coefficient (Wildman–Crippen LogP) is 4.18. The van der Waals surface area contributed by atoms with Gasteiger partial charge in [0, 0.05) is 23.7 Å². The van der Waals surface area contributed by atoms with Crippen LogP contribution in [0.5, 0.6) is 0 Å². The predicted molar refractivity (Wildman–Crippen MR) is 126 cm³/mol. The number of hydrogen-bond acceptors (Lipinski definition) is 5. The Labute approximate surface area is 192 Å². The largest absolute Gasteiger partial charge is 0.379 e. The minimum atomic E-state index is -3.64. The minimum Gasteiger partial charge on any atom is -0.379 e. The van der Waals surface area contributed by atoms with Crippen molar-refractivity contribution in [1.29, 1.82) is 0 Å². The lowest BCUT2D eigenvalue weighted by Crippen LogP contribution is -2.40. The molecule has 0 bridgehead atoms. The summed E-state index contributed by atoms with van der Waals surface area (Å²) in [4.78, 5) is 14.4. The van der Waals surface area contributed by atoms with Crippen LogP contribution in [0.4, 0.5) is 5.69 Å². The van der Waals surface area contributed by atoms with Gasteiger partial charge in [0.1, 0.15) is 5.25 Å². The lowest BCUT2D eigenvalue weighted by Gasteiger charge is -2.26. The number of sulfonamides is 1. The Morgan fingerprint density at radius 3 is 2.25 bits per heavy atom. The fourth-order valence-corrected chi connectivity index (χ4v) is 5.91. The maximum absolute atomic E-state index is 13.3. The summed E-state index contributed by atoms with van der Waals surface area (Å²) in [6.07, 6.45) is 0. The second-order valence-corrected chi connectivity index (χ2v) is 10.4. The highest BCUT2D eigenvalue weighted by molar-refractivity contribution is 8.00. The van der Waals surface area contributed by atoms with Crippen molar-refractivity contribution < 1.29 is 17.9 Å². The molecular weight excluding hydrogens is 444 g/mol. The van der Waals surface area contributed by atoms with E-state index < -0.39 is 15.3 Å². The first-order chi connectivity index (χ1) is 15.5. The molecule has 0 radical (unpaired) electrons. The van der Waals surface area contributed by atoms with E-state index in [-0.39, 0.29) is 10.8 Å². The van der Waals surface area contributed by atoms with Crippen molar-refractivity contribution in [3.63, 3.8) is 0 Å². The number of carbonyl (C=O) groups is 1. The Hall–Kier alpha value is -2.65. The standard InChI is InChI=1S/C24H24N2O4S2/c27-24(23(19-8-3-1-4-9-19)31-21-11-5-2-6-12-21)25-20-10-7-13-22(18-20)32(28,29)26-14-16-30-17-15-26/h1-13,18,23H,14-17H2,(H,25,27). The maximum Gasteiger partial charge on any atom is 0.243 e. The first kappa shape index (κ1) is 22.5. The summed E-state index contributed by atoms with van der Waals surface area (Å²) >= 11 is 1.45. The molecule has 1 atom stereocenters. The normalized spacial score (nSPS) is 15.8. The van der Waals surface area contributed by atoms with Crippen molar-refractivity contribution in [2.24, 2.45) is 0 Å². The lowest BCUT2D eigenvalue weighted by molar-refractivity contribution is -0.115. The highest BCUT2D eigenvalue weighted by atomic mass is 32.2. The van der Waals surface area contributed by atoms with Gasteiger partial charge >= 0.3 is 0 Å². The van der Waals surface area contributed by atoms with Gasteiger partial charge in [0.2, 0.25) is 15.9 Å². The number of anilines is 1. The number of nitrogens with one attached hydrogen (secondary N) is 1. The van der Waals surface area contributed by atoms with Crippen molar-refractivity contribution in [2.75, 3.05) is 31.6 Å². The molecule has 1 unspecified atom stereocenters.